The average molecular weight is 388 g/mol. The quantitative estimate of drug-likeness (QED) is 0.618. The van der Waals surface area contributed by atoms with Crippen molar-refractivity contribution in [2.45, 2.75) is 40.0 Å². The van der Waals surface area contributed by atoms with Gasteiger partial charge in [-0.1, -0.05) is 19.0 Å². The van der Waals surface area contributed by atoms with Crippen molar-refractivity contribution >= 4 is 11.6 Å². The van der Waals surface area contributed by atoms with Gasteiger partial charge in [-0.2, -0.15) is 4.98 Å². The van der Waals surface area contributed by atoms with Crippen LogP contribution in [0.15, 0.2) is 22.9 Å². The van der Waals surface area contributed by atoms with E-state index < -0.39 is 6.10 Å². The minimum Gasteiger partial charge on any atom is -0.385 e. The largest absolute Gasteiger partial charge is 0.385 e. The van der Waals surface area contributed by atoms with Crippen LogP contribution in [0, 0.1) is 5.92 Å². The summed E-state index contributed by atoms with van der Waals surface area (Å²) in [6.45, 7) is 6.55. The highest BCUT2D eigenvalue weighted by Gasteiger charge is 2.22. The first-order valence-corrected chi connectivity index (χ1v) is 9.07. The molecule has 10 heteroatoms. The third-order valence-corrected chi connectivity index (χ3v) is 4.35. The molecule has 0 spiro atoms. The summed E-state index contributed by atoms with van der Waals surface area (Å²) < 4.78 is 11.8. The molecule has 0 radical (unpaired) electrons. The lowest BCUT2D eigenvalue weighted by molar-refractivity contribution is 0.0733. The number of fused-ring (bicyclic) bond motifs is 1. The van der Waals surface area contributed by atoms with Crippen molar-refractivity contribution < 1.29 is 19.2 Å². The summed E-state index contributed by atoms with van der Waals surface area (Å²) in [5.74, 6) is 0.943. The topological polar surface area (TPSA) is 119 Å². The molecule has 3 aromatic heterocycles. The van der Waals surface area contributed by atoms with E-state index in [1.54, 1.807) is 34.7 Å². The Morgan fingerprint density at radius 1 is 1.36 bits per heavy atom. The fraction of sp³-hybridized carbons (Fsp3) is 0.500. The Morgan fingerprint density at radius 3 is 2.82 bits per heavy atom. The summed E-state index contributed by atoms with van der Waals surface area (Å²) >= 11 is 0. The molecule has 0 aliphatic heterocycles. The minimum absolute atomic E-state index is 0.0299. The highest BCUT2D eigenvalue weighted by molar-refractivity contribution is 5.94. The molecule has 28 heavy (non-hydrogen) atoms. The molecule has 0 saturated carbocycles. The Morgan fingerprint density at radius 2 is 2.14 bits per heavy atom. The van der Waals surface area contributed by atoms with Crippen molar-refractivity contribution in [3.8, 4) is 0 Å². The van der Waals surface area contributed by atoms with Crippen molar-refractivity contribution in [2.24, 2.45) is 5.92 Å². The highest BCUT2D eigenvalue weighted by Crippen LogP contribution is 2.21. The number of methoxy groups -OCH3 is 1. The lowest BCUT2D eigenvalue weighted by Crippen LogP contribution is -2.30. The maximum Gasteiger partial charge on any atom is 0.255 e. The fourth-order valence-electron chi connectivity index (χ4n) is 2.75. The third-order valence-electron chi connectivity index (χ3n) is 4.35. The summed E-state index contributed by atoms with van der Waals surface area (Å²) in [6.07, 6.45) is 0.867. The lowest BCUT2D eigenvalue weighted by atomic mass is 10.1. The Balaban J connectivity index is 1.84. The molecule has 0 fully saturated rings. The molecule has 0 bridgehead atoms. The highest BCUT2D eigenvalue weighted by atomic mass is 16.5. The van der Waals surface area contributed by atoms with Crippen LogP contribution in [0.2, 0.25) is 0 Å². The van der Waals surface area contributed by atoms with E-state index in [1.807, 2.05) is 20.8 Å². The molecule has 3 aromatic rings. The Hall–Kier alpha value is -2.85. The van der Waals surface area contributed by atoms with Gasteiger partial charge in [0, 0.05) is 19.9 Å². The van der Waals surface area contributed by atoms with Gasteiger partial charge in [0.2, 0.25) is 5.89 Å². The molecule has 0 saturated heterocycles. The zero-order valence-corrected chi connectivity index (χ0v) is 16.4. The summed E-state index contributed by atoms with van der Waals surface area (Å²) in [4.78, 5) is 18.8. The van der Waals surface area contributed by atoms with Crippen LogP contribution in [0.5, 0.6) is 0 Å². The van der Waals surface area contributed by atoms with Gasteiger partial charge in [0.15, 0.2) is 17.3 Å². The van der Waals surface area contributed by atoms with Gasteiger partial charge in [0.05, 0.1) is 5.56 Å². The number of rotatable bonds is 8. The molecular weight excluding hydrogens is 364 g/mol. The number of carbonyl (C=O) groups excluding carboxylic acids is 1. The van der Waals surface area contributed by atoms with E-state index in [4.69, 9.17) is 9.26 Å². The average Bonchev–Trinajstić information content (AvgIpc) is 3.31. The van der Waals surface area contributed by atoms with Crippen LogP contribution in [0.3, 0.4) is 0 Å². The SMILES string of the molecule is CCN(Cc1nc(COC)no1)C(=O)c1ccc2nnc(C(O)C(C)C)n2c1. The van der Waals surface area contributed by atoms with E-state index in [2.05, 4.69) is 20.3 Å². The minimum atomic E-state index is -0.778. The summed E-state index contributed by atoms with van der Waals surface area (Å²) in [5.41, 5.74) is 1.01. The van der Waals surface area contributed by atoms with E-state index in [0.29, 0.717) is 35.3 Å². The Kier molecular flexibility index (Phi) is 6.00. The zero-order chi connectivity index (χ0) is 20.3. The van der Waals surface area contributed by atoms with Gasteiger partial charge in [-0.25, -0.2) is 0 Å². The van der Waals surface area contributed by atoms with Crippen LogP contribution in [-0.4, -0.2) is 54.3 Å². The van der Waals surface area contributed by atoms with Gasteiger partial charge in [-0.15, -0.1) is 10.2 Å². The number of hydrogen-bond acceptors (Lipinski definition) is 8. The van der Waals surface area contributed by atoms with E-state index in [9.17, 15) is 9.90 Å². The first kappa shape index (κ1) is 19.9. The molecular formula is C18H24N6O4. The van der Waals surface area contributed by atoms with Crippen molar-refractivity contribution in [3.05, 3.63) is 41.4 Å². The number of carbonyl (C=O) groups is 1. The number of amides is 1. The third kappa shape index (κ3) is 4.02. The van der Waals surface area contributed by atoms with Crippen LogP contribution in [0.1, 0.15) is 54.8 Å². The molecule has 0 aliphatic rings. The monoisotopic (exact) mass is 388 g/mol. The standard InChI is InChI=1S/C18H24N6O4/c1-5-23(9-15-19-13(10-27-4)22-28-15)18(26)12-6-7-14-20-21-17(24(14)8-12)16(25)11(2)3/h6-8,11,16,25H,5,9-10H2,1-4H3. The second-order valence-corrected chi connectivity index (χ2v) is 6.75. The molecule has 3 heterocycles. The molecule has 10 nitrogen and oxygen atoms in total. The van der Waals surface area contributed by atoms with Crippen LogP contribution < -0.4 is 0 Å². The number of pyridine rings is 1. The van der Waals surface area contributed by atoms with E-state index in [-0.39, 0.29) is 25.0 Å². The van der Waals surface area contributed by atoms with Crippen LogP contribution >= 0.6 is 0 Å². The smallest absolute Gasteiger partial charge is 0.255 e. The number of aromatic nitrogens is 5. The molecule has 1 N–H and O–H groups in total. The van der Waals surface area contributed by atoms with Crippen LogP contribution in [-0.2, 0) is 17.9 Å². The fourth-order valence-corrected chi connectivity index (χ4v) is 2.75. The Bertz CT molecular complexity index is 951. The van der Waals surface area contributed by atoms with Crippen molar-refractivity contribution in [2.75, 3.05) is 13.7 Å². The number of aliphatic hydroxyl groups is 1. The van der Waals surface area contributed by atoms with Crippen molar-refractivity contribution in [1.29, 1.82) is 0 Å². The van der Waals surface area contributed by atoms with Gasteiger partial charge in [0.25, 0.3) is 5.91 Å². The van der Waals surface area contributed by atoms with Crippen molar-refractivity contribution in [3.63, 3.8) is 0 Å². The predicted molar refractivity (Wildman–Crippen MR) is 98.2 cm³/mol. The zero-order valence-electron chi connectivity index (χ0n) is 16.4. The first-order valence-electron chi connectivity index (χ1n) is 9.07. The summed E-state index contributed by atoms with van der Waals surface area (Å²) in [6, 6.07) is 3.39. The van der Waals surface area contributed by atoms with Gasteiger partial charge in [0.1, 0.15) is 19.3 Å². The van der Waals surface area contributed by atoms with Crippen molar-refractivity contribution in [1.82, 2.24) is 29.6 Å². The van der Waals surface area contributed by atoms with E-state index in [0.717, 1.165) is 0 Å². The number of nitrogens with zero attached hydrogens (tertiary/aromatic N) is 6. The maximum atomic E-state index is 13.0. The molecule has 1 unspecified atom stereocenters. The number of ether oxygens (including phenoxy) is 1. The molecule has 3 rings (SSSR count). The number of hydrogen-bond donors (Lipinski definition) is 1. The maximum absolute atomic E-state index is 13.0. The summed E-state index contributed by atoms with van der Waals surface area (Å²) in [5, 5.41) is 22.3. The van der Waals surface area contributed by atoms with E-state index >= 15 is 0 Å². The van der Waals surface area contributed by atoms with Crippen LogP contribution in [0.25, 0.3) is 5.65 Å². The lowest BCUT2D eigenvalue weighted by Gasteiger charge is -2.19. The molecule has 0 aliphatic carbocycles. The van der Waals surface area contributed by atoms with Crippen LogP contribution in [0.4, 0.5) is 0 Å². The molecule has 1 amide bonds. The molecule has 0 aromatic carbocycles. The predicted octanol–water partition coefficient (Wildman–Crippen LogP) is 1.61. The first-order chi connectivity index (χ1) is 13.4. The summed E-state index contributed by atoms with van der Waals surface area (Å²) in [7, 11) is 1.55. The number of aliphatic hydroxyl groups excluding tert-OH is 1. The van der Waals surface area contributed by atoms with E-state index in [1.165, 1.54) is 0 Å². The normalized spacial score (nSPS) is 12.6. The van der Waals surface area contributed by atoms with Gasteiger partial charge in [-0.3, -0.25) is 9.20 Å². The molecule has 1 atom stereocenters. The second-order valence-electron chi connectivity index (χ2n) is 6.75. The Labute approximate surface area is 162 Å². The van der Waals surface area contributed by atoms with Gasteiger partial charge in [-0.05, 0) is 25.0 Å². The van der Waals surface area contributed by atoms with Gasteiger partial charge < -0.3 is 19.3 Å². The van der Waals surface area contributed by atoms with Gasteiger partial charge >= 0.3 is 0 Å². The molecule has 150 valence electrons. The second kappa shape index (κ2) is 8.44.